The fraction of sp³-hybridized carbons (Fsp3) is 0. The van der Waals surface area contributed by atoms with Gasteiger partial charge in [-0.2, -0.15) is 0 Å². The molecule has 0 saturated heterocycles. The van der Waals surface area contributed by atoms with Gasteiger partial charge in [0.1, 0.15) is 35.5 Å². The molecule has 15 heteroatoms. The lowest BCUT2D eigenvalue weighted by molar-refractivity contribution is 0.589. The number of nitrogens with one attached hydrogen (secondary N) is 2. The quantitative estimate of drug-likeness (QED) is 0.222. The van der Waals surface area contributed by atoms with E-state index < -0.39 is 33.0 Å². The van der Waals surface area contributed by atoms with Gasteiger partial charge in [-0.1, -0.05) is 35.3 Å². The third kappa shape index (κ3) is 4.52. The molecule has 2 N–H and O–H groups in total. The second-order valence-corrected chi connectivity index (χ2v) is 11.6. The van der Waals surface area contributed by atoms with Gasteiger partial charge in [-0.05, 0) is 36.4 Å². The Balaban J connectivity index is 1.39. The maximum atomic E-state index is 15.5. The number of halogens is 4. The maximum absolute atomic E-state index is 15.5. The van der Waals surface area contributed by atoms with E-state index in [1.165, 1.54) is 11.7 Å². The largest absolute Gasteiger partial charge is 0.333 e. The molecule has 0 atom stereocenters. The first-order valence-corrected chi connectivity index (χ1v) is 14.1. The fourth-order valence-corrected chi connectivity index (χ4v) is 6.94. The highest BCUT2D eigenvalue weighted by Gasteiger charge is 2.25. The van der Waals surface area contributed by atoms with E-state index in [9.17, 15) is 12.8 Å². The van der Waals surface area contributed by atoms with Crippen LogP contribution in [0.4, 0.5) is 26.0 Å². The van der Waals surface area contributed by atoms with E-state index in [0.717, 1.165) is 34.5 Å². The zero-order valence-corrected chi connectivity index (χ0v) is 22.4. The molecule has 0 aliphatic rings. The number of sulfonamides is 1. The molecule has 0 bridgehead atoms. The van der Waals surface area contributed by atoms with Crippen LogP contribution >= 0.6 is 34.5 Å². The number of hydrogen-bond acceptors (Lipinski definition) is 8. The smallest absolute Gasteiger partial charge is 0.273 e. The minimum absolute atomic E-state index is 0.00263. The van der Waals surface area contributed by atoms with Gasteiger partial charge >= 0.3 is 0 Å². The molecule has 0 amide bonds. The average molecular weight is 604 g/mol. The molecule has 0 unspecified atom stereocenters. The van der Waals surface area contributed by atoms with Crippen LogP contribution in [0.5, 0.6) is 0 Å². The Kier molecular flexibility index (Phi) is 6.30. The zero-order chi connectivity index (χ0) is 27.3. The van der Waals surface area contributed by atoms with Crippen molar-refractivity contribution in [3.63, 3.8) is 0 Å². The molecule has 196 valence electrons. The van der Waals surface area contributed by atoms with E-state index >= 15 is 4.39 Å². The summed E-state index contributed by atoms with van der Waals surface area (Å²) in [7, 11) is -4.32. The summed E-state index contributed by atoms with van der Waals surface area (Å²) in [5.41, 5.74) is 1.03. The first-order chi connectivity index (χ1) is 18.7. The molecule has 9 nitrogen and oxygen atoms in total. The molecular formula is C24H13Cl2F2N7O2S2. The Morgan fingerprint density at radius 2 is 1.77 bits per heavy atom. The standard InChI is InChI=1S/C24H13Cl2F2N7O2S2/c25-12-9-38-24(19(12)26)39(36,37)34-15-6-5-13(27)21(20(15)28)33-23-22-16(29-10-30-23)7-8-18(32-22)35-11-31-14-3-1-2-4-17(14)35/h1-11,34H,(H,29,30,33). The van der Waals surface area contributed by atoms with Crippen LogP contribution < -0.4 is 10.0 Å². The number of rotatable bonds is 6. The highest BCUT2D eigenvalue weighted by Crippen LogP contribution is 2.37. The summed E-state index contributed by atoms with van der Waals surface area (Å²) in [6, 6.07) is 12.7. The van der Waals surface area contributed by atoms with Crippen LogP contribution in [-0.4, -0.2) is 32.9 Å². The van der Waals surface area contributed by atoms with Crippen molar-refractivity contribution in [3.8, 4) is 5.82 Å². The molecule has 39 heavy (non-hydrogen) atoms. The molecule has 0 aliphatic carbocycles. The number of hydrogen-bond donors (Lipinski definition) is 2. The number of para-hydroxylation sites is 2. The monoisotopic (exact) mass is 603 g/mol. The lowest BCUT2D eigenvalue weighted by Gasteiger charge is -2.14. The Labute approximate surface area is 233 Å². The summed E-state index contributed by atoms with van der Waals surface area (Å²) in [6.07, 6.45) is 2.82. The third-order valence-corrected chi connectivity index (χ3v) is 9.69. The summed E-state index contributed by atoms with van der Waals surface area (Å²) in [6.45, 7) is 0. The third-order valence-electron chi connectivity index (χ3n) is 5.65. The second-order valence-electron chi connectivity index (χ2n) is 8.06. The molecule has 0 spiro atoms. The van der Waals surface area contributed by atoms with Gasteiger partial charge in [0.05, 0.1) is 32.3 Å². The van der Waals surface area contributed by atoms with Gasteiger partial charge in [-0.3, -0.25) is 9.29 Å². The van der Waals surface area contributed by atoms with Crippen LogP contribution in [-0.2, 0) is 10.0 Å². The van der Waals surface area contributed by atoms with Crippen LogP contribution in [0.1, 0.15) is 0 Å². The van der Waals surface area contributed by atoms with E-state index in [1.807, 2.05) is 24.3 Å². The van der Waals surface area contributed by atoms with Gasteiger partial charge in [-0.25, -0.2) is 37.1 Å². The van der Waals surface area contributed by atoms with Crippen LogP contribution in [0, 0.1) is 11.6 Å². The number of fused-ring (bicyclic) bond motifs is 2. The van der Waals surface area contributed by atoms with Crippen molar-refractivity contribution in [2.24, 2.45) is 0 Å². The van der Waals surface area contributed by atoms with E-state index in [-0.39, 0.29) is 25.6 Å². The molecule has 6 aromatic rings. The van der Waals surface area contributed by atoms with E-state index in [4.69, 9.17) is 23.2 Å². The first kappa shape index (κ1) is 25.4. The molecule has 0 radical (unpaired) electrons. The molecule has 0 fully saturated rings. The topological polar surface area (TPSA) is 115 Å². The molecule has 4 aromatic heterocycles. The molecule has 4 heterocycles. The predicted octanol–water partition coefficient (Wildman–Crippen LogP) is 6.55. The molecule has 0 aliphatic heterocycles. The molecule has 2 aromatic carbocycles. The van der Waals surface area contributed by atoms with Gasteiger partial charge in [-0.15, -0.1) is 11.3 Å². The van der Waals surface area contributed by atoms with Crippen molar-refractivity contribution in [1.29, 1.82) is 0 Å². The summed E-state index contributed by atoms with van der Waals surface area (Å²) < 4.78 is 59.4. The molecule has 0 saturated carbocycles. The van der Waals surface area contributed by atoms with Crippen molar-refractivity contribution < 1.29 is 17.2 Å². The minimum atomic E-state index is -4.32. The number of thiophene rings is 1. The summed E-state index contributed by atoms with van der Waals surface area (Å²) in [4.78, 5) is 17.3. The number of aromatic nitrogens is 5. The van der Waals surface area contributed by atoms with Crippen LogP contribution in [0.3, 0.4) is 0 Å². The minimum Gasteiger partial charge on any atom is -0.333 e. The fourth-order valence-electron chi connectivity index (χ4n) is 3.84. The van der Waals surface area contributed by atoms with Gasteiger partial charge in [0.2, 0.25) is 0 Å². The van der Waals surface area contributed by atoms with Crippen molar-refractivity contribution in [3.05, 3.63) is 88.2 Å². The van der Waals surface area contributed by atoms with Crippen molar-refractivity contribution in [2.75, 3.05) is 10.0 Å². The summed E-state index contributed by atoms with van der Waals surface area (Å²) in [5, 5.41) is 3.78. The van der Waals surface area contributed by atoms with Crippen LogP contribution in [0.25, 0.3) is 27.9 Å². The van der Waals surface area contributed by atoms with Crippen molar-refractivity contribution in [2.45, 2.75) is 4.21 Å². The first-order valence-electron chi connectivity index (χ1n) is 11.0. The highest BCUT2D eigenvalue weighted by molar-refractivity contribution is 7.94. The Hall–Kier alpha value is -3.91. The van der Waals surface area contributed by atoms with Gasteiger partial charge < -0.3 is 5.32 Å². The van der Waals surface area contributed by atoms with Gasteiger partial charge in [0.25, 0.3) is 10.0 Å². The number of benzene rings is 2. The SMILES string of the molecule is O=S(=O)(Nc1ccc(F)c(Nc2ncnc3ccc(-n4cnc5ccccc54)nc23)c1F)c1scc(Cl)c1Cl. The summed E-state index contributed by atoms with van der Waals surface area (Å²) >= 11 is 12.6. The number of anilines is 3. The second kappa shape index (κ2) is 9.68. The number of nitrogens with zero attached hydrogens (tertiary/aromatic N) is 5. The van der Waals surface area contributed by atoms with E-state index in [0.29, 0.717) is 11.3 Å². The predicted molar refractivity (Wildman–Crippen MR) is 147 cm³/mol. The van der Waals surface area contributed by atoms with Gasteiger partial charge in [0, 0.05) is 5.38 Å². The maximum Gasteiger partial charge on any atom is 0.273 e. The lowest BCUT2D eigenvalue weighted by atomic mass is 10.2. The lowest BCUT2D eigenvalue weighted by Crippen LogP contribution is -2.14. The normalized spacial score (nSPS) is 11.8. The van der Waals surface area contributed by atoms with Gasteiger partial charge in [0.15, 0.2) is 15.8 Å². The highest BCUT2D eigenvalue weighted by atomic mass is 35.5. The van der Waals surface area contributed by atoms with Crippen LogP contribution in [0.15, 0.2) is 70.8 Å². The Bertz CT molecular complexity index is 2020. The zero-order valence-electron chi connectivity index (χ0n) is 19.2. The number of pyridine rings is 1. The number of imidazole rings is 1. The molecular weight excluding hydrogens is 591 g/mol. The summed E-state index contributed by atoms with van der Waals surface area (Å²) in [5.74, 6) is -1.72. The van der Waals surface area contributed by atoms with Crippen molar-refractivity contribution >= 4 is 83.8 Å². The Morgan fingerprint density at radius 1 is 0.949 bits per heavy atom. The Morgan fingerprint density at radius 3 is 2.56 bits per heavy atom. The van der Waals surface area contributed by atoms with E-state index in [1.54, 1.807) is 23.0 Å². The molecule has 6 rings (SSSR count). The van der Waals surface area contributed by atoms with Crippen molar-refractivity contribution in [1.82, 2.24) is 24.5 Å². The van der Waals surface area contributed by atoms with Crippen LogP contribution in [0.2, 0.25) is 10.0 Å². The van der Waals surface area contributed by atoms with E-state index in [2.05, 4.69) is 30.0 Å². The average Bonchev–Trinajstić information content (AvgIpc) is 3.51.